The van der Waals surface area contributed by atoms with Gasteiger partial charge in [-0.3, -0.25) is 14.6 Å². The highest BCUT2D eigenvalue weighted by atomic mass is 16.2. The maximum Gasteiger partial charge on any atom is 0.229 e. The second-order valence-corrected chi connectivity index (χ2v) is 8.72. The van der Waals surface area contributed by atoms with Crippen LogP contribution in [0.2, 0.25) is 0 Å². The Morgan fingerprint density at radius 2 is 1.81 bits per heavy atom. The molecule has 2 heterocycles. The summed E-state index contributed by atoms with van der Waals surface area (Å²) in [6.45, 7) is 2.92. The van der Waals surface area contributed by atoms with Gasteiger partial charge in [0, 0.05) is 31.0 Å². The molecule has 2 atom stereocenters. The zero-order chi connectivity index (χ0) is 22.6. The van der Waals surface area contributed by atoms with Crippen LogP contribution in [0.5, 0.6) is 0 Å². The molecule has 2 N–H and O–H groups in total. The summed E-state index contributed by atoms with van der Waals surface area (Å²) in [6, 6.07) is 21.7. The number of nitrogens with zero attached hydrogens (tertiary/aromatic N) is 2. The number of carbonyl (C=O) groups excluding carboxylic acids is 2. The van der Waals surface area contributed by atoms with Gasteiger partial charge in [-0.25, -0.2) is 0 Å². The average Bonchev–Trinajstić information content (AvgIpc) is 2.84. The number of hydrogen-bond acceptors (Lipinski definition) is 3. The van der Waals surface area contributed by atoms with Gasteiger partial charge in [0.25, 0.3) is 0 Å². The van der Waals surface area contributed by atoms with E-state index in [1.807, 2.05) is 84.8 Å². The smallest absolute Gasteiger partial charge is 0.229 e. The maximum atomic E-state index is 13.3. The van der Waals surface area contributed by atoms with E-state index in [2.05, 4.69) is 4.98 Å². The van der Waals surface area contributed by atoms with E-state index >= 15 is 0 Å². The third-order valence-corrected chi connectivity index (χ3v) is 6.60. The molecular formula is C27H29N3O2. The summed E-state index contributed by atoms with van der Waals surface area (Å²) in [5.41, 5.74) is 9.28. The summed E-state index contributed by atoms with van der Waals surface area (Å²) < 4.78 is 0. The number of likely N-dealkylation sites (tertiary alicyclic amines) is 1. The summed E-state index contributed by atoms with van der Waals surface area (Å²) >= 11 is 0. The number of nitrogens with two attached hydrogens (primary N) is 1. The molecule has 1 aromatic heterocycles. The van der Waals surface area contributed by atoms with Crippen LogP contribution in [0.3, 0.4) is 0 Å². The molecule has 2 aromatic carbocycles. The number of primary amides is 1. The lowest BCUT2D eigenvalue weighted by Gasteiger charge is -2.42. The Kier molecular flexibility index (Phi) is 6.35. The van der Waals surface area contributed by atoms with Gasteiger partial charge >= 0.3 is 0 Å². The summed E-state index contributed by atoms with van der Waals surface area (Å²) in [4.78, 5) is 32.2. The highest BCUT2D eigenvalue weighted by molar-refractivity contribution is 5.86. The summed E-state index contributed by atoms with van der Waals surface area (Å²) in [5, 5.41) is 0. The van der Waals surface area contributed by atoms with Gasteiger partial charge in [-0.05, 0) is 48.9 Å². The quantitative estimate of drug-likeness (QED) is 0.641. The van der Waals surface area contributed by atoms with Gasteiger partial charge in [-0.15, -0.1) is 0 Å². The molecule has 1 aliphatic rings. The molecule has 1 fully saturated rings. The van der Waals surface area contributed by atoms with Crippen LogP contribution >= 0.6 is 0 Å². The van der Waals surface area contributed by atoms with E-state index in [4.69, 9.17) is 5.73 Å². The Labute approximate surface area is 189 Å². The minimum absolute atomic E-state index is 0.0436. The topological polar surface area (TPSA) is 76.3 Å². The number of rotatable bonds is 6. The monoisotopic (exact) mass is 427 g/mol. The van der Waals surface area contributed by atoms with E-state index < -0.39 is 5.41 Å². The number of benzene rings is 2. The van der Waals surface area contributed by atoms with Crippen LogP contribution in [0, 0.1) is 5.41 Å². The van der Waals surface area contributed by atoms with E-state index in [9.17, 15) is 9.59 Å². The second-order valence-electron chi connectivity index (χ2n) is 8.72. The Morgan fingerprint density at radius 3 is 2.53 bits per heavy atom. The number of pyridine rings is 1. The van der Waals surface area contributed by atoms with Crippen molar-refractivity contribution in [3.63, 3.8) is 0 Å². The number of carbonyl (C=O) groups is 2. The van der Waals surface area contributed by atoms with E-state index in [1.165, 1.54) is 0 Å². The average molecular weight is 428 g/mol. The van der Waals surface area contributed by atoms with Gasteiger partial charge in [0.05, 0.1) is 11.3 Å². The molecule has 4 rings (SSSR count). The van der Waals surface area contributed by atoms with Crippen LogP contribution in [0.15, 0.2) is 79.1 Å². The van der Waals surface area contributed by atoms with Crippen LogP contribution in [0.25, 0.3) is 11.1 Å². The molecular weight excluding hydrogens is 398 g/mol. The number of hydrogen-bond donors (Lipinski definition) is 1. The van der Waals surface area contributed by atoms with Crippen molar-refractivity contribution in [2.45, 2.75) is 32.1 Å². The molecule has 0 saturated carbocycles. The normalized spacial score (nSPS) is 19.3. The number of piperidine rings is 1. The van der Waals surface area contributed by atoms with Crippen molar-refractivity contribution in [1.29, 1.82) is 0 Å². The largest absolute Gasteiger partial charge is 0.369 e. The predicted octanol–water partition coefficient (Wildman–Crippen LogP) is 4.19. The SMILES string of the molecule is C[C@H](C(=O)N1CCC[C@@](Cc2ccccc2-c2cccnc2)(C(N)=O)C1)c1ccccc1. The molecule has 5 heteroatoms. The standard InChI is InChI=1S/C27H29N3O2/c1-20(21-9-3-2-4-10-21)25(31)30-16-8-14-27(19-30,26(28)32)17-22-11-5-6-13-24(22)23-12-7-15-29-18-23/h2-7,9-13,15,18,20H,8,14,16-17,19H2,1H3,(H2,28,32)/t20-,27-/m0/s1. The highest BCUT2D eigenvalue weighted by Gasteiger charge is 2.43. The van der Waals surface area contributed by atoms with Gasteiger partial charge < -0.3 is 10.6 Å². The zero-order valence-corrected chi connectivity index (χ0v) is 18.4. The third-order valence-electron chi connectivity index (χ3n) is 6.60. The summed E-state index contributed by atoms with van der Waals surface area (Å²) in [7, 11) is 0. The lowest BCUT2D eigenvalue weighted by Crippen LogP contribution is -2.54. The minimum Gasteiger partial charge on any atom is -0.369 e. The van der Waals surface area contributed by atoms with E-state index in [0.717, 1.165) is 28.7 Å². The fourth-order valence-electron chi connectivity index (χ4n) is 4.75. The molecule has 164 valence electrons. The first kappa shape index (κ1) is 21.8. The highest BCUT2D eigenvalue weighted by Crippen LogP contribution is 2.37. The van der Waals surface area contributed by atoms with Crippen molar-refractivity contribution >= 4 is 11.8 Å². The van der Waals surface area contributed by atoms with E-state index in [1.54, 1.807) is 6.20 Å². The van der Waals surface area contributed by atoms with Gasteiger partial charge in [0.1, 0.15) is 0 Å². The van der Waals surface area contributed by atoms with Crippen LogP contribution in [0.4, 0.5) is 0 Å². The molecule has 0 aliphatic carbocycles. The third kappa shape index (κ3) is 4.42. The van der Waals surface area contributed by atoms with Crippen LogP contribution in [0.1, 0.15) is 36.8 Å². The van der Waals surface area contributed by atoms with Gasteiger partial charge in [-0.1, -0.05) is 60.7 Å². The number of amides is 2. The lowest BCUT2D eigenvalue weighted by molar-refractivity contribution is -0.140. The molecule has 0 bridgehead atoms. The lowest BCUT2D eigenvalue weighted by atomic mass is 9.73. The first-order valence-corrected chi connectivity index (χ1v) is 11.1. The van der Waals surface area contributed by atoms with Crippen LogP contribution in [-0.2, 0) is 16.0 Å². The molecule has 1 aliphatic heterocycles. The van der Waals surface area contributed by atoms with Crippen molar-refractivity contribution in [3.05, 3.63) is 90.3 Å². The molecule has 1 saturated heterocycles. The summed E-state index contributed by atoms with van der Waals surface area (Å²) in [5.74, 6) is -0.562. The molecule has 32 heavy (non-hydrogen) atoms. The molecule has 0 radical (unpaired) electrons. The molecule has 0 spiro atoms. The van der Waals surface area contributed by atoms with Gasteiger partial charge in [0.15, 0.2) is 0 Å². The molecule has 2 amide bonds. The first-order valence-electron chi connectivity index (χ1n) is 11.1. The van der Waals surface area contributed by atoms with Crippen molar-refractivity contribution in [2.24, 2.45) is 11.1 Å². The minimum atomic E-state index is -0.789. The fraction of sp³-hybridized carbons (Fsp3) is 0.296. The Hall–Kier alpha value is -3.47. The van der Waals surface area contributed by atoms with Gasteiger partial charge in [0.2, 0.25) is 11.8 Å². The van der Waals surface area contributed by atoms with Crippen molar-refractivity contribution in [1.82, 2.24) is 9.88 Å². The molecule has 5 nitrogen and oxygen atoms in total. The second kappa shape index (κ2) is 9.35. The Morgan fingerprint density at radius 1 is 1.06 bits per heavy atom. The number of aromatic nitrogens is 1. The predicted molar refractivity (Wildman–Crippen MR) is 126 cm³/mol. The first-order chi connectivity index (χ1) is 15.5. The molecule has 3 aromatic rings. The van der Waals surface area contributed by atoms with E-state index in [-0.39, 0.29) is 17.7 Å². The Balaban J connectivity index is 1.61. The summed E-state index contributed by atoms with van der Waals surface area (Å²) in [6.07, 6.45) is 5.50. The van der Waals surface area contributed by atoms with Crippen LogP contribution in [-0.4, -0.2) is 34.8 Å². The fourth-order valence-corrected chi connectivity index (χ4v) is 4.75. The van der Waals surface area contributed by atoms with Crippen molar-refractivity contribution < 1.29 is 9.59 Å². The Bertz CT molecular complexity index is 1080. The van der Waals surface area contributed by atoms with Crippen molar-refractivity contribution in [2.75, 3.05) is 13.1 Å². The van der Waals surface area contributed by atoms with E-state index in [0.29, 0.717) is 25.9 Å². The zero-order valence-electron chi connectivity index (χ0n) is 18.4. The van der Waals surface area contributed by atoms with Crippen molar-refractivity contribution in [3.8, 4) is 11.1 Å². The van der Waals surface area contributed by atoms with Gasteiger partial charge in [-0.2, -0.15) is 0 Å². The maximum absolute atomic E-state index is 13.3. The van der Waals surface area contributed by atoms with Crippen LogP contribution < -0.4 is 5.73 Å². The molecule has 0 unspecified atom stereocenters.